The summed E-state index contributed by atoms with van der Waals surface area (Å²) in [5.74, 6) is 0.811. The molecular formula is C16H16Cl2N4O2S. The predicted molar refractivity (Wildman–Crippen MR) is 102 cm³/mol. The molecule has 0 atom stereocenters. The van der Waals surface area contributed by atoms with Crippen LogP contribution in [0.2, 0.25) is 10.3 Å². The zero-order valence-corrected chi connectivity index (χ0v) is 16.0. The summed E-state index contributed by atoms with van der Waals surface area (Å²) in [6.07, 6.45) is 0.771. The summed E-state index contributed by atoms with van der Waals surface area (Å²) < 4.78 is 4.05. The molecule has 0 aliphatic heterocycles. The molecule has 132 valence electrons. The third-order valence-electron chi connectivity index (χ3n) is 3.92. The molecule has 0 amide bonds. The van der Waals surface area contributed by atoms with E-state index in [0.717, 1.165) is 26.7 Å². The van der Waals surface area contributed by atoms with Gasteiger partial charge in [-0.15, -0.1) is 11.8 Å². The molecule has 0 saturated heterocycles. The number of nitrogens with zero attached hydrogens (tertiary/aromatic N) is 4. The third kappa shape index (κ3) is 3.36. The van der Waals surface area contributed by atoms with Crippen LogP contribution in [0.15, 0.2) is 38.8 Å². The Kier molecular flexibility index (Phi) is 5.27. The first-order valence-electron chi connectivity index (χ1n) is 7.61. The molecule has 0 fully saturated rings. The van der Waals surface area contributed by atoms with Crippen molar-refractivity contribution in [3.05, 3.63) is 55.4 Å². The topological polar surface area (TPSA) is 61.8 Å². The van der Waals surface area contributed by atoms with Crippen molar-refractivity contribution >= 4 is 46.1 Å². The minimum absolute atomic E-state index is 0.205. The van der Waals surface area contributed by atoms with E-state index in [1.165, 1.54) is 11.6 Å². The van der Waals surface area contributed by atoms with Crippen molar-refractivity contribution < 1.29 is 0 Å². The van der Waals surface area contributed by atoms with Crippen molar-refractivity contribution in [1.29, 1.82) is 0 Å². The van der Waals surface area contributed by atoms with Gasteiger partial charge < -0.3 is 4.57 Å². The molecule has 3 aromatic rings. The molecule has 6 nitrogen and oxygen atoms in total. The van der Waals surface area contributed by atoms with Crippen LogP contribution in [0.25, 0.3) is 11.2 Å². The fourth-order valence-electron chi connectivity index (χ4n) is 2.59. The standard InChI is InChI=1S/C16H16Cl2N4O2S/c1-20-13-12(14(23)21(2)16(20)24)22(15(18)19-13)8-5-9-25-11-7-4-3-6-10(11)17/h3-4,6-7H,5,8-9H2,1-2H3. The van der Waals surface area contributed by atoms with Crippen LogP contribution >= 0.6 is 35.0 Å². The van der Waals surface area contributed by atoms with Crippen LogP contribution in [-0.4, -0.2) is 24.4 Å². The summed E-state index contributed by atoms with van der Waals surface area (Å²) >= 11 is 14.0. The van der Waals surface area contributed by atoms with Gasteiger partial charge in [-0.1, -0.05) is 23.7 Å². The third-order valence-corrected chi connectivity index (χ3v) is 5.81. The van der Waals surface area contributed by atoms with Gasteiger partial charge in [-0.3, -0.25) is 13.9 Å². The van der Waals surface area contributed by atoms with E-state index in [1.54, 1.807) is 23.4 Å². The molecule has 3 rings (SSSR count). The average Bonchev–Trinajstić information content (AvgIpc) is 2.93. The van der Waals surface area contributed by atoms with Gasteiger partial charge in [0.15, 0.2) is 11.2 Å². The van der Waals surface area contributed by atoms with Gasteiger partial charge in [0.25, 0.3) is 5.56 Å². The first-order chi connectivity index (χ1) is 11.9. The monoisotopic (exact) mass is 398 g/mol. The zero-order chi connectivity index (χ0) is 18.1. The number of halogens is 2. The Balaban J connectivity index is 1.83. The summed E-state index contributed by atoms with van der Waals surface area (Å²) in [5, 5.41) is 0.929. The molecular weight excluding hydrogens is 383 g/mol. The molecule has 2 aromatic heterocycles. The number of hydrogen-bond acceptors (Lipinski definition) is 4. The number of thioether (sulfide) groups is 1. The average molecular weight is 399 g/mol. The molecule has 25 heavy (non-hydrogen) atoms. The lowest BCUT2D eigenvalue weighted by Gasteiger charge is -2.08. The Labute approximate surface area is 158 Å². The summed E-state index contributed by atoms with van der Waals surface area (Å²) in [6, 6.07) is 7.66. The van der Waals surface area contributed by atoms with Gasteiger partial charge in [-0.05, 0) is 35.9 Å². The predicted octanol–water partition coefficient (Wildman–Crippen LogP) is 2.92. The number of rotatable bonds is 5. The maximum Gasteiger partial charge on any atom is 0.332 e. The molecule has 0 saturated carbocycles. The molecule has 0 spiro atoms. The van der Waals surface area contributed by atoms with Crippen molar-refractivity contribution in [1.82, 2.24) is 18.7 Å². The number of aromatic nitrogens is 4. The Morgan fingerprint density at radius 1 is 1.12 bits per heavy atom. The number of benzene rings is 1. The van der Waals surface area contributed by atoms with Crippen LogP contribution in [0, 0.1) is 0 Å². The second-order valence-corrected chi connectivity index (χ2v) is 7.42. The highest BCUT2D eigenvalue weighted by Crippen LogP contribution is 2.27. The molecule has 0 bridgehead atoms. The normalized spacial score (nSPS) is 11.4. The maximum atomic E-state index is 12.4. The molecule has 0 aliphatic rings. The van der Waals surface area contributed by atoms with Crippen LogP contribution in [-0.2, 0) is 20.6 Å². The van der Waals surface area contributed by atoms with E-state index < -0.39 is 11.2 Å². The number of hydrogen-bond donors (Lipinski definition) is 0. The quantitative estimate of drug-likeness (QED) is 0.376. The summed E-state index contributed by atoms with van der Waals surface area (Å²) in [5.41, 5.74) is -0.168. The number of imidazole rings is 1. The van der Waals surface area contributed by atoms with E-state index in [-0.39, 0.29) is 5.28 Å². The number of aryl methyl sites for hydroxylation is 2. The van der Waals surface area contributed by atoms with Crippen LogP contribution in [0.5, 0.6) is 0 Å². The van der Waals surface area contributed by atoms with Crippen molar-refractivity contribution in [3.8, 4) is 0 Å². The second-order valence-electron chi connectivity index (χ2n) is 5.54. The molecule has 0 N–H and O–H groups in total. The lowest BCUT2D eigenvalue weighted by atomic mass is 10.4. The second kappa shape index (κ2) is 7.27. The lowest BCUT2D eigenvalue weighted by molar-refractivity contribution is 0.679. The largest absolute Gasteiger partial charge is 0.332 e. The molecule has 1 aromatic carbocycles. The van der Waals surface area contributed by atoms with Gasteiger partial charge in [0, 0.05) is 25.5 Å². The summed E-state index contributed by atoms with van der Waals surface area (Å²) in [6.45, 7) is 0.528. The zero-order valence-electron chi connectivity index (χ0n) is 13.7. The lowest BCUT2D eigenvalue weighted by Crippen LogP contribution is -2.37. The van der Waals surface area contributed by atoms with Crippen LogP contribution in [0.1, 0.15) is 6.42 Å². The first-order valence-corrected chi connectivity index (χ1v) is 9.35. The van der Waals surface area contributed by atoms with E-state index in [9.17, 15) is 9.59 Å². The highest BCUT2D eigenvalue weighted by Gasteiger charge is 2.17. The number of fused-ring (bicyclic) bond motifs is 1. The van der Waals surface area contributed by atoms with Crippen LogP contribution in [0.3, 0.4) is 0 Å². The first kappa shape index (κ1) is 18.1. The summed E-state index contributed by atoms with van der Waals surface area (Å²) in [7, 11) is 3.02. The molecule has 0 radical (unpaired) electrons. The molecule has 9 heteroatoms. The maximum absolute atomic E-state index is 12.4. The fraction of sp³-hybridized carbons (Fsp3) is 0.312. The van der Waals surface area contributed by atoms with Crippen molar-refractivity contribution in [2.75, 3.05) is 5.75 Å². The van der Waals surface area contributed by atoms with E-state index in [2.05, 4.69) is 4.98 Å². The molecule has 0 unspecified atom stereocenters. The molecule has 2 heterocycles. The van der Waals surface area contributed by atoms with Crippen molar-refractivity contribution in [2.45, 2.75) is 17.9 Å². The van der Waals surface area contributed by atoms with E-state index in [1.807, 2.05) is 24.3 Å². The Bertz CT molecular complexity index is 1050. The van der Waals surface area contributed by atoms with Crippen molar-refractivity contribution in [2.24, 2.45) is 14.1 Å². The van der Waals surface area contributed by atoms with Gasteiger partial charge >= 0.3 is 5.69 Å². The van der Waals surface area contributed by atoms with Gasteiger partial charge in [0.1, 0.15) is 0 Å². The SMILES string of the molecule is Cn1c(=O)c2c(nc(Cl)n2CCCSc2ccccc2Cl)n(C)c1=O. The van der Waals surface area contributed by atoms with Gasteiger partial charge in [0.05, 0.1) is 5.02 Å². The van der Waals surface area contributed by atoms with Gasteiger partial charge in [-0.25, -0.2) is 4.79 Å². The smallest absolute Gasteiger partial charge is 0.309 e. The van der Waals surface area contributed by atoms with Crippen LogP contribution in [0.4, 0.5) is 0 Å². The van der Waals surface area contributed by atoms with E-state index >= 15 is 0 Å². The van der Waals surface area contributed by atoms with E-state index in [4.69, 9.17) is 23.2 Å². The Morgan fingerprint density at radius 2 is 1.84 bits per heavy atom. The summed E-state index contributed by atoms with van der Waals surface area (Å²) in [4.78, 5) is 29.6. The van der Waals surface area contributed by atoms with E-state index in [0.29, 0.717) is 17.7 Å². The van der Waals surface area contributed by atoms with Crippen molar-refractivity contribution in [3.63, 3.8) is 0 Å². The van der Waals surface area contributed by atoms with Crippen LogP contribution < -0.4 is 11.2 Å². The minimum Gasteiger partial charge on any atom is -0.309 e. The highest BCUT2D eigenvalue weighted by atomic mass is 35.5. The van der Waals surface area contributed by atoms with Gasteiger partial charge in [0.2, 0.25) is 5.28 Å². The Hall–Kier alpha value is -1.70. The highest BCUT2D eigenvalue weighted by molar-refractivity contribution is 7.99. The minimum atomic E-state index is -0.423. The molecule has 0 aliphatic carbocycles. The Morgan fingerprint density at radius 3 is 2.56 bits per heavy atom. The fourth-order valence-corrected chi connectivity index (χ4v) is 4.01. The van der Waals surface area contributed by atoms with Gasteiger partial charge in [-0.2, -0.15) is 4.98 Å².